The third-order valence-corrected chi connectivity index (χ3v) is 6.48. The van der Waals surface area contributed by atoms with Crippen molar-refractivity contribution >= 4 is 62.9 Å². The van der Waals surface area contributed by atoms with Crippen molar-refractivity contribution in [2.45, 2.75) is 6.61 Å². The Hall–Kier alpha value is -2.47. The van der Waals surface area contributed by atoms with E-state index in [9.17, 15) is 4.79 Å². The zero-order valence-electron chi connectivity index (χ0n) is 16.4. The topological polar surface area (TPSA) is 41.9 Å². The molecule has 1 aliphatic heterocycles. The smallest absolute Gasteiger partial charge is 0.266 e. The van der Waals surface area contributed by atoms with E-state index < -0.39 is 0 Å². The average molecular weight is 457 g/mol. The first-order chi connectivity index (χ1) is 14.5. The molecule has 1 heterocycles. The average Bonchev–Trinajstić information content (AvgIpc) is 3.01. The monoisotopic (exact) mass is 456 g/mol. The second kappa shape index (κ2) is 8.72. The van der Waals surface area contributed by atoms with Gasteiger partial charge in [0.05, 0.1) is 15.0 Å². The number of likely N-dealkylation sites (N-methyl/N-ethyl adjacent to an activating group) is 1. The molecule has 0 bridgehead atoms. The normalized spacial score (nSPS) is 16.8. The van der Waals surface area contributed by atoms with Gasteiger partial charge in [-0.25, -0.2) is 0 Å². The summed E-state index contributed by atoms with van der Waals surface area (Å²) in [7, 11) is 3.35. The molecule has 4 nitrogen and oxygen atoms in total. The first-order valence-corrected chi connectivity index (χ1v) is 10.8. The van der Waals surface area contributed by atoms with Crippen LogP contribution in [-0.4, -0.2) is 30.1 Å². The largest absolute Gasteiger partial charge is 0.486 e. The molecular formula is C23H18Cl2N2O2S. The van der Waals surface area contributed by atoms with Gasteiger partial charge in [-0.2, -0.15) is 0 Å². The zero-order chi connectivity index (χ0) is 21.3. The molecule has 152 valence electrons. The van der Waals surface area contributed by atoms with E-state index in [0.717, 1.165) is 21.9 Å². The minimum Gasteiger partial charge on any atom is -0.486 e. The molecule has 3 aromatic rings. The third-order valence-electron chi connectivity index (χ3n) is 4.77. The lowest BCUT2D eigenvalue weighted by Crippen LogP contribution is -2.23. The Bertz CT molecular complexity index is 1180. The van der Waals surface area contributed by atoms with Gasteiger partial charge < -0.3 is 4.74 Å². The van der Waals surface area contributed by atoms with Crippen molar-refractivity contribution in [3.63, 3.8) is 0 Å². The van der Waals surface area contributed by atoms with Gasteiger partial charge >= 0.3 is 0 Å². The van der Waals surface area contributed by atoms with Crippen LogP contribution in [0, 0.1) is 0 Å². The van der Waals surface area contributed by atoms with E-state index in [1.807, 2.05) is 24.3 Å². The molecule has 1 aliphatic rings. The van der Waals surface area contributed by atoms with Crippen molar-refractivity contribution in [1.82, 2.24) is 4.90 Å². The second-order valence-electron chi connectivity index (χ2n) is 6.72. The minimum atomic E-state index is -0.107. The van der Waals surface area contributed by atoms with Crippen molar-refractivity contribution < 1.29 is 9.53 Å². The number of rotatable bonds is 4. The summed E-state index contributed by atoms with van der Waals surface area (Å²) in [5.74, 6) is 0.316. The molecule has 4 rings (SSSR count). The van der Waals surface area contributed by atoms with Crippen molar-refractivity contribution in [3.8, 4) is 5.75 Å². The summed E-state index contributed by atoms with van der Waals surface area (Å²) >= 11 is 14.2. The first-order valence-electron chi connectivity index (χ1n) is 9.21. The number of ether oxygens (including phenoxy) is 1. The highest BCUT2D eigenvalue weighted by atomic mass is 35.5. The van der Waals surface area contributed by atoms with E-state index in [2.05, 4.69) is 23.2 Å². The van der Waals surface area contributed by atoms with E-state index >= 15 is 0 Å². The van der Waals surface area contributed by atoms with Crippen molar-refractivity contribution in [1.29, 1.82) is 0 Å². The van der Waals surface area contributed by atoms with Gasteiger partial charge in [0, 0.05) is 14.1 Å². The lowest BCUT2D eigenvalue weighted by molar-refractivity contribution is -0.121. The molecule has 1 saturated heterocycles. The number of amides is 1. The van der Waals surface area contributed by atoms with E-state index in [4.69, 9.17) is 27.9 Å². The minimum absolute atomic E-state index is 0.107. The molecule has 0 N–H and O–H groups in total. The standard InChI is InChI=1S/C23H18Cl2N2O2S/c1-26-23-27(2)22(28)20(30-23)12-14-10-18(24)21(19(25)11-14)29-13-16-8-5-7-15-6-3-4-9-17(15)16/h3-12H,13H2,1-2H3/b20-12+,26-23?. The summed E-state index contributed by atoms with van der Waals surface area (Å²) in [6.07, 6.45) is 1.76. The van der Waals surface area contributed by atoms with Crippen LogP contribution in [0.4, 0.5) is 0 Å². The fraction of sp³-hybridized carbons (Fsp3) is 0.130. The van der Waals surface area contributed by atoms with Gasteiger partial charge in [-0.3, -0.25) is 14.7 Å². The molecule has 1 fully saturated rings. The predicted molar refractivity (Wildman–Crippen MR) is 126 cm³/mol. The summed E-state index contributed by atoms with van der Waals surface area (Å²) < 4.78 is 5.98. The maximum atomic E-state index is 12.3. The Morgan fingerprint density at radius 3 is 2.50 bits per heavy atom. The molecule has 0 radical (unpaired) electrons. The van der Waals surface area contributed by atoms with Crippen LogP contribution in [0.3, 0.4) is 0 Å². The van der Waals surface area contributed by atoms with Gasteiger partial charge in [0.2, 0.25) is 0 Å². The number of halogens is 2. The summed E-state index contributed by atoms with van der Waals surface area (Å²) in [6, 6.07) is 17.7. The Labute approximate surface area is 189 Å². The van der Waals surface area contributed by atoms with Crippen molar-refractivity contribution in [3.05, 3.63) is 80.7 Å². The van der Waals surface area contributed by atoms with Gasteiger partial charge in [0.1, 0.15) is 6.61 Å². The number of hydrogen-bond acceptors (Lipinski definition) is 4. The fourth-order valence-corrected chi connectivity index (χ4v) is 4.81. The van der Waals surface area contributed by atoms with Gasteiger partial charge in [0.25, 0.3) is 5.91 Å². The number of benzene rings is 3. The number of amidine groups is 1. The van der Waals surface area contributed by atoms with Crippen LogP contribution >= 0.6 is 35.0 Å². The highest BCUT2D eigenvalue weighted by Gasteiger charge is 2.29. The summed E-state index contributed by atoms with van der Waals surface area (Å²) in [5.41, 5.74) is 1.78. The number of aliphatic imine (C=N–C) groups is 1. The molecule has 0 atom stereocenters. The Kier molecular flexibility index (Phi) is 6.04. The summed E-state index contributed by atoms with van der Waals surface area (Å²) in [6.45, 7) is 0.344. The van der Waals surface area contributed by atoms with Gasteiger partial charge in [-0.1, -0.05) is 65.7 Å². The maximum Gasteiger partial charge on any atom is 0.266 e. The highest BCUT2D eigenvalue weighted by Crippen LogP contribution is 2.37. The number of nitrogens with zero attached hydrogens (tertiary/aromatic N) is 2. The van der Waals surface area contributed by atoms with E-state index in [1.54, 1.807) is 32.3 Å². The quantitative estimate of drug-likeness (QED) is 0.435. The lowest BCUT2D eigenvalue weighted by Gasteiger charge is -2.12. The molecule has 3 aromatic carbocycles. The van der Waals surface area contributed by atoms with Gasteiger partial charge in [-0.05, 0) is 51.9 Å². The third kappa shape index (κ3) is 4.06. The van der Waals surface area contributed by atoms with Crippen LogP contribution in [0.5, 0.6) is 5.75 Å². The molecule has 0 aliphatic carbocycles. The lowest BCUT2D eigenvalue weighted by atomic mass is 10.1. The Balaban J connectivity index is 1.58. The summed E-state index contributed by atoms with van der Waals surface area (Å²) in [5, 5.41) is 3.71. The van der Waals surface area contributed by atoms with Crippen LogP contribution in [0.15, 0.2) is 64.5 Å². The molecule has 0 unspecified atom stereocenters. The molecule has 0 aromatic heterocycles. The molecule has 1 amide bonds. The molecular weight excluding hydrogens is 439 g/mol. The molecule has 30 heavy (non-hydrogen) atoms. The highest BCUT2D eigenvalue weighted by molar-refractivity contribution is 8.18. The van der Waals surface area contributed by atoms with Crippen LogP contribution in [0.2, 0.25) is 10.0 Å². The van der Waals surface area contributed by atoms with E-state index in [0.29, 0.717) is 32.5 Å². The summed E-state index contributed by atoms with van der Waals surface area (Å²) in [4.78, 5) is 18.5. The SMILES string of the molecule is CN=C1S/C(=C/c2cc(Cl)c(OCc3cccc4ccccc34)c(Cl)c2)C(=O)N1C. The molecule has 0 spiro atoms. The maximum absolute atomic E-state index is 12.3. The number of hydrogen-bond donors (Lipinski definition) is 0. The zero-order valence-corrected chi connectivity index (χ0v) is 18.7. The van der Waals surface area contributed by atoms with Crippen LogP contribution in [0.25, 0.3) is 16.8 Å². The second-order valence-corrected chi connectivity index (χ2v) is 8.55. The fourth-order valence-electron chi connectivity index (χ4n) is 3.27. The number of carbonyl (C=O) groups is 1. The van der Waals surface area contributed by atoms with Crippen LogP contribution in [-0.2, 0) is 11.4 Å². The molecule has 0 saturated carbocycles. The number of fused-ring (bicyclic) bond motifs is 1. The number of carbonyl (C=O) groups excluding carboxylic acids is 1. The predicted octanol–water partition coefficient (Wildman–Crippen LogP) is 6.26. The molecule has 7 heteroatoms. The first kappa shape index (κ1) is 20.8. The van der Waals surface area contributed by atoms with Gasteiger partial charge in [-0.15, -0.1) is 0 Å². The van der Waals surface area contributed by atoms with Crippen LogP contribution in [0.1, 0.15) is 11.1 Å². The van der Waals surface area contributed by atoms with Crippen molar-refractivity contribution in [2.24, 2.45) is 4.99 Å². The Morgan fingerprint density at radius 1 is 1.10 bits per heavy atom. The van der Waals surface area contributed by atoms with Gasteiger partial charge in [0.15, 0.2) is 10.9 Å². The van der Waals surface area contributed by atoms with Crippen molar-refractivity contribution in [2.75, 3.05) is 14.1 Å². The Morgan fingerprint density at radius 2 is 1.80 bits per heavy atom. The van der Waals surface area contributed by atoms with Crippen LogP contribution < -0.4 is 4.74 Å². The van der Waals surface area contributed by atoms with E-state index in [1.165, 1.54) is 16.7 Å². The van der Waals surface area contributed by atoms with E-state index in [-0.39, 0.29) is 5.91 Å². The number of thioether (sulfide) groups is 1.